The summed E-state index contributed by atoms with van der Waals surface area (Å²) in [7, 11) is 0. The molecule has 0 saturated carbocycles. The van der Waals surface area contributed by atoms with Crippen LogP contribution in [0.3, 0.4) is 0 Å². The Balaban J connectivity index is 1.17. The lowest BCUT2D eigenvalue weighted by Gasteiger charge is -2.45. The summed E-state index contributed by atoms with van der Waals surface area (Å²) < 4.78 is 9.39. The lowest BCUT2D eigenvalue weighted by atomic mass is 9.84. The van der Waals surface area contributed by atoms with Gasteiger partial charge in [-0.3, -0.25) is 19.5 Å². The molecule has 6 rings (SSSR count). The molecule has 37 heavy (non-hydrogen) atoms. The third-order valence-corrected chi connectivity index (χ3v) is 7.68. The summed E-state index contributed by atoms with van der Waals surface area (Å²) in [5.41, 5.74) is 3.32. The molecule has 4 aromatic heterocycles. The van der Waals surface area contributed by atoms with Crippen molar-refractivity contribution in [3.8, 4) is 16.3 Å². The van der Waals surface area contributed by atoms with E-state index >= 15 is 0 Å². The monoisotopic (exact) mass is 520 g/mol. The highest BCUT2D eigenvalue weighted by Crippen LogP contribution is 2.37. The molecule has 0 spiro atoms. The number of thiazole rings is 1. The topological polar surface area (TPSA) is 119 Å². The predicted molar refractivity (Wildman–Crippen MR) is 140 cm³/mol. The fourth-order valence-electron chi connectivity index (χ4n) is 4.90. The van der Waals surface area contributed by atoms with Gasteiger partial charge in [0, 0.05) is 32.3 Å². The quantitative estimate of drug-likeness (QED) is 0.401. The molecular weight excluding hydrogens is 492 g/mol. The number of carbonyl (C=O) groups is 2. The van der Waals surface area contributed by atoms with E-state index in [2.05, 4.69) is 44.6 Å². The maximum absolute atomic E-state index is 13.2. The third-order valence-electron chi connectivity index (χ3n) is 6.54. The lowest BCUT2D eigenvalue weighted by Crippen LogP contribution is -2.54. The van der Waals surface area contributed by atoms with Crippen molar-refractivity contribution in [3.63, 3.8) is 0 Å². The molecule has 2 aliphatic heterocycles. The Morgan fingerprint density at radius 1 is 1.16 bits per heavy atom. The van der Waals surface area contributed by atoms with E-state index < -0.39 is 0 Å². The van der Waals surface area contributed by atoms with Gasteiger partial charge in [0.2, 0.25) is 11.8 Å². The van der Waals surface area contributed by atoms with Crippen molar-refractivity contribution < 1.29 is 14.3 Å². The van der Waals surface area contributed by atoms with Gasteiger partial charge in [-0.05, 0) is 18.4 Å². The first-order valence-corrected chi connectivity index (χ1v) is 13.0. The van der Waals surface area contributed by atoms with E-state index in [9.17, 15) is 9.59 Å². The first-order chi connectivity index (χ1) is 17.8. The summed E-state index contributed by atoms with van der Waals surface area (Å²) in [6.45, 7) is 9.80. The highest BCUT2D eigenvalue weighted by atomic mass is 32.1. The van der Waals surface area contributed by atoms with Crippen molar-refractivity contribution in [3.05, 3.63) is 42.1 Å². The molecule has 0 bridgehead atoms. The summed E-state index contributed by atoms with van der Waals surface area (Å²) in [5, 5.41) is 14.6. The van der Waals surface area contributed by atoms with Gasteiger partial charge in [-0.1, -0.05) is 13.8 Å². The van der Waals surface area contributed by atoms with Crippen LogP contribution in [0.1, 0.15) is 36.3 Å². The van der Waals surface area contributed by atoms with Gasteiger partial charge in [-0.15, -0.1) is 11.3 Å². The van der Waals surface area contributed by atoms with Crippen molar-refractivity contribution in [2.45, 2.75) is 33.7 Å². The number of aryl methyl sites for hydroxylation is 2. The number of hydrogen-bond acceptors (Lipinski definition) is 8. The Bertz CT molecular complexity index is 1510. The fourth-order valence-corrected chi connectivity index (χ4v) is 5.96. The van der Waals surface area contributed by atoms with Gasteiger partial charge in [-0.2, -0.15) is 10.2 Å². The number of aromatic nitrogens is 5. The van der Waals surface area contributed by atoms with E-state index in [4.69, 9.17) is 4.74 Å². The van der Waals surface area contributed by atoms with Gasteiger partial charge < -0.3 is 15.4 Å². The number of fused-ring (bicyclic) bond motifs is 2. The molecule has 192 valence electrons. The number of hydrogen-bond donors (Lipinski definition) is 2. The van der Waals surface area contributed by atoms with Crippen LogP contribution in [0.2, 0.25) is 0 Å². The molecule has 0 aliphatic carbocycles. The predicted octanol–water partition coefficient (Wildman–Crippen LogP) is 3.28. The van der Waals surface area contributed by atoms with Gasteiger partial charge in [0.05, 0.1) is 64.8 Å². The molecule has 0 atom stereocenters. The largest absolute Gasteiger partial charge is 0.477 e. The van der Waals surface area contributed by atoms with Crippen LogP contribution >= 0.6 is 11.3 Å². The number of nitrogens with zero attached hydrogens (tertiary/aromatic N) is 6. The van der Waals surface area contributed by atoms with Crippen LogP contribution < -0.4 is 15.4 Å². The Morgan fingerprint density at radius 3 is 2.81 bits per heavy atom. The molecule has 1 saturated heterocycles. The van der Waals surface area contributed by atoms with E-state index in [0.29, 0.717) is 35.8 Å². The normalized spacial score (nSPS) is 16.6. The van der Waals surface area contributed by atoms with Gasteiger partial charge in [0.1, 0.15) is 4.83 Å². The second-order valence-corrected chi connectivity index (χ2v) is 11.4. The van der Waals surface area contributed by atoms with E-state index in [-0.39, 0.29) is 17.2 Å². The number of rotatable bonds is 6. The maximum atomic E-state index is 13.2. The Kier molecular flexibility index (Phi) is 5.72. The van der Waals surface area contributed by atoms with Crippen molar-refractivity contribution >= 4 is 39.4 Å². The maximum Gasteiger partial charge on any atom is 0.260 e. The summed E-state index contributed by atoms with van der Waals surface area (Å²) in [6.07, 6.45) is 7.76. The number of ether oxygens (including phenoxy) is 1. The molecule has 2 aliphatic rings. The van der Waals surface area contributed by atoms with Gasteiger partial charge in [0.25, 0.3) is 5.91 Å². The smallest absolute Gasteiger partial charge is 0.260 e. The zero-order chi connectivity index (χ0) is 25.7. The fraction of sp³-hybridized carbons (Fsp3) is 0.400. The number of nitrogens with one attached hydrogen (secondary N) is 2. The number of pyridine rings is 1. The molecule has 11 nitrogen and oxygen atoms in total. The summed E-state index contributed by atoms with van der Waals surface area (Å²) in [5.74, 6) is 0.349. The van der Waals surface area contributed by atoms with Gasteiger partial charge in [0.15, 0.2) is 0 Å². The minimum Gasteiger partial charge on any atom is -0.477 e. The Hall–Kier alpha value is -3.77. The molecule has 0 unspecified atom stereocenters. The molecule has 12 heteroatoms. The molecule has 2 amide bonds. The average molecular weight is 521 g/mol. The summed E-state index contributed by atoms with van der Waals surface area (Å²) >= 11 is 1.46. The van der Waals surface area contributed by atoms with E-state index in [1.54, 1.807) is 29.2 Å². The van der Waals surface area contributed by atoms with Crippen molar-refractivity contribution in [2.24, 2.45) is 5.41 Å². The number of amides is 2. The second kappa shape index (κ2) is 8.96. The average Bonchev–Trinajstić information content (AvgIpc) is 3.53. The van der Waals surface area contributed by atoms with Crippen LogP contribution in [-0.2, 0) is 11.3 Å². The summed E-state index contributed by atoms with van der Waals surface area (Å²) in [6, 6.07) is 1.73. The third kappa shape index (κ3) is 4.58. The first kappa shape index (κ1) is 23.6. The molecule has 0 aromatic carbocycles. The van der Waals surface area contributed by atoms with Crippen LogP contribution in [-0.4, -0.2) is 67.3 Å². The van der Waals surface area contributed by atoms with Crippen molar-refractivity contribution in [2.75, 3.05) is 36.9 Å². The zero-order valence-corrected chi connectivity index (χ0v) is 21.8. The Morgan fingerprint density at radius 2 is 2.00 bits per heavy atom. The highest BCUT2D eigenvalue weighted by molar-refractivity contribution is 7.21. The van der Waals surface area contributed by atoms with Crippen LogP contribution in [0.4, 0.5) is 11.4 Å². The van der Waals surface area contributed by atoms with Crippen LogP contribution in [0.15, 0.2) is 30.9 Å². The van der Waals surface area contributed by atoms with Crippen LogP contribution in [0, 0.1) is 12.3 Å². The first-order valence-electron chi connectivity index (χ1n) is 12.2. The number of carbonyl (C=O) groups excluding carboxylic acids is 2. The van der Waals surface area contributed by atoms with E-state index in [1.165, 1.54) is 11.3 Å². The van der Waals surface area contributed by atoms with Crippen LogP contribution in [0.25, 0.3) is 15.3 Å². The minimum atomic E-state index is -0.298. The Labute approximate surface area is 217 Å². The van der Waals surface area contributed by atoms with Crippen LogP contribution in [0.5, 0.6) is 5.88 Å². The standard InChI is InChI=1S/C25H28N8O3S/c1-15-19(7-16(8-26-15)29-21(34)12-31-13-25(2,3)14-31)30-22(35)18-10-28-33-11-20(37-24(18)33)17-9-27-32-5-4-6-36-23(17)32/h7-11H,4-6,12-14H2,1-3H3,(H,29,34)(H,30,35). The van der Waals surface area contributed by atoms with Gasteiger partial charge >= 0.3 is 0 Å². The molecule has 6 heterocycles. The molecule has 4 aromatic rings. The summed E-state index contributed by atoms with van der Waals surface area (Å²) in [4.78, 5) is 33.8. The molecular formula is C25H28N8O3S. The molecule has 1 fully saturated rings. The van der Waals surface area contributed by atoms with Crippen molar-refractivity contribution in [1.29, 1.82) is 0 Å². The highest BCUT2D eigenvalue weighted by Gasteiger charge is 2.34. The van der Waals surface area contributed by atoms with E-state index in [1.807, 2.05) is 17.8 Å². The number of anilines is 2. The SMILES string of the molecule is Cc1ncc(NC(=O)CN2CC(C)(C)C2)cc1NC(=O)c1cnn2cc(-c3cnn4c3OCCC4)sc12. The number of likely N-dealkylation sites (tertiary alicyclic amines) is 1. The minimum absolute atomic E-state index is 0.103. The molecule has 0 radical (unpaired) electrons. The van der Waals surface area contributed by atoms with Crippen molar-refractivity contribution in [1.82, 2.24) is 29.3 Å². The second-order valence-electron chi connectivity index (χ2n) is 10.4. The van der Waals surface area contributed by atoms with E-state index in [0.717, 1.165) is 47.2 Å². The molecule has 2 N–H and O–H groups in total. The zero-order valence-electron chi connectivity index (χ0n) is 20.9. The van der Waals surface area contributed by atoms with Gasteiger partial charge in [-0.25, -0.2) is 9.20 Å². The lowest BCUT2D eigenvalue weighted by molar-refractivity contribution is -0.120.